The molecule has 0 aliphatic rings. The van der Waals surface area contributed by atoms with Crippen LogP contribution in [0.15, 0.2) is 0 Å². The molecule has 0 spiro atoms. The molecule has 0 bridgehead atoms. The van der Waals surface area contributed by atoms with E-state index in [1.807, 2.05) is 13.8 Å². The Bertz CT molecular complexity index is 304. The fraction of sp³-hybridized carbons (Fsp3) is 0.889. The van der Waals surface area contributed by atoms with Crippen LogP contribution >= 0.6 is 0 Å². The average Bonchev–Trinajstić information content (AvgIpc) is 1.97. The maximum Gasteiger partial charge on any atom is 0.240 e. The monoisotopic (exact) mass is 221 g/mol. The van der Waals surface area contributed by atoms with Crippen molar-refractivity contribution < 1.29 is 13.2 Å². The van der Waals surface area contributed by atoms with Crippen LogP contribution in [0.25, 0.3) is 0 Å². The lowest BCUT2D eigenvalue weighted by atomic mass is 10.1. The van der Waals surface area contributed by atoms with Crippen molar-refractivity contribution in [1.82, 2.24) is 5.32 Å². The molecule has 0 radical (unpaired) electrons. The molecule has 5 heteroatoms. The third-order valence-electron chi connectivity index (χ3n) is 2.14. The second-order valence-corrected chi connectivity index (χ2v) is 6.95. The molecule has 14 heavy (non-hydrogen) atoms. The van der Waals surface area contributed by atoms with Crippen molar-refractivity contribution in [1.29, 1.82) is 0 Å². The number of hydrogen-bond acceptors (Lipinski definition) is 3. The second kappa shape index (κ2) is 4.29. The number of nitrogens with one attached hydrogen (secondary N) is 1. The van der Waals surface area contributed by atoms with Gasteiger partial charge in [-0.25, -0.2) is 8.42 Å². The van der Waals surface area contributed by atoms with Crippen molar-refractivity contribution in [3.8, 4) is 0 Å². The van der Waals surface area contributed by atoms with E-state index >= 15 is 0 Å². The van der Waals surface area contributed by atoms with Crippen molar-refractivity contribution in [2.75, 3.05) is 12.8 Å². The van der Waals surface area contributed by atoms with E-state index in [1.54, 1.807) is 0 Å². The quantitative estimate of drug-likeness (QED) is 0.755. The van der Waals surface area contributed by atoms with Gasteiger partial charge in [-0.1, -0.05) is 13.8 Å². The Kier molecular flexibility index (Phi) is 4.12. The van der Waals surface area contributed by atoms with E-state index in [4.69, 9.17) is 0 Å². The van der Waals surface area contributed by atoms with Crippen LogP contribution in [0, 0.1) is 5.92 Å². The Morgan fingerprint density at radius 2 is 1.79 bits per heavy atom. The van der Waals surface area contributed by atoms with Crippen LogP contribution in [0.3, 0.4) is 0 Å². The smallest absolute Gasteiger partial charge is 0.240 e. The minimum absolute atomic E-state index is 0.314. The molecule has 84 valence electrons. The molecular weight excluding hydrogens is 202 g/mol. The molecule has 0 aliphatic heterocycles. The van der Waals surface area contributed by atoms with E-state index in [9.17, 15) is 13.2 Å². The SMILES string of the molecule is CC(C)CNC(=O)C(C)(C)S(C)(=O)=O. The Morgan fingerprint density at radius 1 is 1.36 bits per heavy atom. The topological polar surface area (TPSA) is 63.2 Å². The zero-order valence-electron chi connectivity index (χ0n) is 9.42. The van der Waals surface area contributed by atoms with Gasteiger partial charge in [-0.3, -0.25) is 4.79 Å². The third-order valence-corrected chi connectivity index (χ3v) is 4.18. The van der Waals surface area contributed by atoms with Crippen LogP contribution in [-0.4, -0.2) is 31.9 Å². The van der Waals surface area contributed by atoms with Gasteiger partial charge in [0.05, 0.1) is 0 Å². The van der Waals surface area contributed by atoms with Crippen LogP contribution < -0.4 is 5.32 Å². The highest BCUT2D eigenvalue weighted by atomic mass is 32.2. The van der Waals surface area contributed by atoms with E-state index < -0.39 is 20.5 Å². The molecule has 1 amide bonds. The molecule has 0 saturated heterocycles. The number of hydrogen-bond donors (Lipinski definition) is 1. The number of sulfone groups is 1. The molecule has 0 saturated carbocycles. The number of carbonyl (C=O) groups is 1. The Balaban J connectivity index is 4.54. The predicted octanol–water partition coefficient (Wildman–Crippen LogP) is 0.582. The largest absolute Gasteiger partial charge is 0.354 e. The van der Waals surface area contributed by atoms with Gasteiger partial charge in [0.2, 0.25) is 5.91 Å². The van der Waals surface area contributed by atoms with Crippen molar-refractivity contribution in [3.63, 3.8) is 0 Å². The Labute approximate surface area is 86.0 Å². The van der Waals surface area contributed by atoms with Gasteiger partial charge in [0, 0.05) is 12.8 Å². The molecule has 0 fully saturated rings. The van der Waals surface area contributed by atoms with Crippen molar-refractivity contribution in [2.45, 2.75) is 32.4 Å². The van der Waals surface area contributed by atoms with Crippen LogP contribution in [0.4, 0.5) is 0 Å². The maximum atomic E-state index is 11.5. The van der Waals surface area contributed by atoms with Gasteiger partial charge >= 0.3 is 0 Å². The second-order valence-electron chi connectivity index (χ2n) is 4.39. The summed E-state index contributed by atoms with van der Waals surface area (Å²) in [6, 6.07) is 0. The van der Waals surface area contributed by atoms with Crippen molar-refractivity contribution in [2.24, 2.45) is 5.92 Å². The van der Waals surface area contributed by atoms with Crippen LogP contribution in [-0.2, 0) is 14.6 Å². The average molecular weight is 221 g/mol. The van der Waals surface area contributed by atoms with Gasteiger partial charge in [0.25, 0.3) is 0 Å². The first-order chi connectivity index (χ1) is 6.09. The normalized spacial score (nSPS) is 13.0. The van der Waals surface area contributed by atoms with Crippen LogP contribution in [0.1, 0.15) is 27.7 Å². The summed E-state index contributed by atoms with van der Waals surface area (Å²) in [5.41, 5.74) is 0. The lowest BCUT2D eigenvalue weighted by Crippen LogP contribution is -2.48. The molecule has 0 rings (SSSR count). The first-order valence-corrected chi connectivity index (χ1v) is 6.46. The van der Waals surface area contributed by atoms with E-state index in [0.29, 0.717) is 12.5 Å². The van der Waals surface area contributed by atoms with Gasteiger partial charge in [-0.05, 0) is 19.8 Å². The summed E-state index contributed by atoms with van der Waals surface area (Å²) in [4.78, 5) is 11.5. The highest BCUT2D eigenvalue weighted by molar-refractivity contribution is 7.92. The molecule has 0 atom stereocenters. The van der Waals surface area contributed by atoms with Gasteiger partial charge in [-0.2, -0.15) is 0 Å². The first-order valence-electron chi connectivity index (χ1n) is 4.57. The molecule has 0 aromatic heterocycles. The number of carbonyl (C=O) groups excluding carboxylic acids is 1. The van der Waals surface area contributed by atoms with Crippen molar-refractivity contribution in [3.05, 3.63) is 0 Å². The summed E-state index contributed by atoms with van der Waals surface area (Å²) in [5.74, 6) is -0.122. The molecule has 0 unspecified atom stereocenters. The highest BCUT2D eigenvalue weighted by Gasteiger charge is 2.38. The molecular formula is C9H19NO3S. The minimum atomic E-state index is -3.36. The molecule has 0 aromatic carbocycles. The van der Waals surface area contributed by atoms with Crippen LogP contribution in [0.2, 0.25) is 0 Å². The zero-order chi connectivity index (χ0) is 11.6. The van der Waals surface area contributed by atoms with Gasteiger partial charge in [0.15, 0.2) is 9.84 Å². The third kappa shape index (κ3) is 3.29. The van der Waals surface area contributed by atoms with Crippen LogP contribution in [0.5, 0.6) is 0 Å². The van der Waals surface area contributed by atoms with E-state index in [-0.39, 0.29) is 0 Å². The van der Waals surface area contributed by atoms with E-state index in [2.05, 4.69) is 5.32 Å². The summed E-state index contributed by atoms with van der Waals surface area (Å²) in [6.45, 7) is 7.23. The molecule has 4 nitrogen and oxygen atoms in total. The maximum absolute atomic E-state index is 11.5. The fourth-order valence-corrected chi connectivity index (χ4v) is 1.09. The number of amides is 1. The zero-order valence-corrected chi connectivity index (χ0v) is 10.2. The minimum Gasteiger partial charge on any atom is -0.354 e. The fourth-order valence-electron chi connectivity index (χ4n) is 0.678. The molecule has 0 aromatic rings. The van der Waals surface area contributed by atoms with Gasteiger partial charge < -0.3 is 5.32 Å². The Morgan fingerprint density at radius 3 is 2.07 bits per heavy atom. The lowest BCUT2D eigenvalue weighted by Gasteiger charge is -2.21. The predicted molar refractivity (Wildman–Crippen MR) is 56.8 cm³/mol. The highest BCUT2D eigenvalue weighted by Crippen LogP contribution is 2.14. The standard InChI is InChI=1S/C9H19NO3S/c1-7(2)6-10-8(11)9(3,4)14(5,12)13/h7H,6H2,1-5H3,(H,10,11). The van der Waals surface area contributed by atoms with Gasteiger partial charge in [-0.15, -0.1) is 0 Å². The Hall–Kier alpha value is -0.580. The van der Waals surface area contributed by atoms with E-state index in [0.717, 1.165) is 6.26 Å². The summed E-state index contributed by atoms with van der Waals surface area (Å²) in [5, 5.41) is 2.61. The summed E-state index contributed by atoms with van der Waals surface area (Å²) in [7, 11) is -3.36. The van der Waals surface area contributed by atoms with E-state index in [1.165, 1.54) is 13.8 Å². The lowest BCUT2D eigenvalue weighted by molar-refractivity contribution is -0.123. The summed E-state index contributed by atoms with van der Waals surface area (Å²) in [6.07, 6.45) is 1.07. The molecule has 0 aliphatic carbocycles. The van der Waals surface area contributed by atoms with Crippen molar-refractivity contribution >= 4 is 15.7 Å². The summed E-state index contributed by atoms with van der Waals surface area (Å²) < 4.78 is 21.2. The van der Waals surface area contributed by atoms with Gasteiger partial charge in [0.1, 0.15) is 4.75 Å². The molecule has 1 N–H and O–H groups in total. The first kappa shape index (κ1) is 13.4. The summed E-state index contributed by atoms with van der Waals surface area (Å²) >= 11 is 0. The number of rotatable bonds is 4. The molecule has 0 heterocycles.